The summed E-state index contributed by atoms with van der Waals surface area (Å²) in [6, 6.07) is 15.1. The molecule has 3 nitrogen and oxygen atoms in total. The summed E-state index contributed by atoms with van der Waals surface area (Å²) < 4.78 is 5.52. The molecule has 1 aromatic heterocycles. The van der Waals surface area contributed by atoms with Crippen LogP contribution < -0.4 is 10.6 Å². The lowest BCUT2D eigenvalue weighted by Gasteiger charge is -2.27. The van der Waals surface area contributed by atoms with Crippen LogP contribution in [0.25, 0.3) is 11.0 Å². The van der Waals surface area contributed by atoms with Crippen LogP contribution in [0.15, 0.2) is 53.1 Å². The lowest BCUT2D eigenvalue weighted by molar-refractivity contribution is 0.561. The first-order valence-corrected chi connectivity index (χ1v) is 8.30. The van der Waals surface area contributed by atoms with Gasteiger partial charge in [-0.2, -0.15) is 0 Å². The smallest absolute Gasteiger partial charge is 0.135 e. The Hall–Kier alpha value is -2.26. The van der Waals surface area contributed by atoms with Crippen LogP contribution in [0.2, 0.25) is 0 Å². The van der Waals surface area contributed by atoms with E-state index < -0.39 is 0 Å². The summed E-state index contributed by atoms with van der Waals surface area (Å²) in [5.41, 5.74) is 12.1. The average Bonchev–Trinajstić information content (AvgIpc) is 3.07. The van der Waals surface area contributed by atoms with Crippen LogP contribution in [-0.4, -0.2) is 13.6 Å². The van der Waals surface area contributed by atoms with Crippen LogP contribution in [0.5, 0.6) is 0 Å². The standard InChI is InChI=1S/C20H22N2O/c1-22(18-6-5-14-9-10-23-20(14)12-18)17-7-8-19-15(11-17)3-2-4-16(19)13-21/h5-12,16H,2-4,13,21H2,1H3/t16-/m0/s1. The van der Waals surface area contributed by atoms with E-state index in [-0.39, 0.29) is 0 Å². The summed E-state index contributed by atoms with van der Waals surface area (Å²) in [5.74, 6) is 0.526. The largest absolute Gasteiger partial charge is 0.464 e. The second-order valence-corrected chi connectivity index (χ2v) is 6.41. The van der Waals surface area contributed by atoms with Crippen molar-refractivity contribution in [3.05, 3.63) is 59.9 Å². The molecule has 4 rings (SSSR count). The first-order chi connectivity index (χ1) is 11.3. The fraction of sp³-hybridized carbons (Fsp3) is 0.300. The molecule has 0 aliphatic heterocycles. The number of aryl methyl sites for hydroxylation is 1. The van der Waals surface area contributed by atoms with E-state index in [0.29, 0.717) is 5.92 Å². The van der Waals surface area contributed by atoms with Gasteiger partial charge in [0.2, 0.25) is 0 Å². The Morgan fingerprint density at radius 3 is 2.83 bits per heavy atom. The van der Waals surface area contributed by atoms with Gasteiger partial charge in [0.15, 0.2) is 0 Å². The number of rotatable bonds is 3. The van der Waals surface area contributed by atoms with Gasteiger partial charge in [-0.1, -0.05) is 6.07 Å². The van der Waals surface area contributed by atoms with Crippen molar-refractivity contribution in [3.63, 3.8) is 0 Å². The molecular formula is C20H22N2O. The van der Waals surface area contributed by atoms with Gasteiger partial charge >= 0.3 is 0 Å². The van der Waals surface area contributed by atoms with Gasteiger partial charge in [0.1, 0.15) is 5.58 Å². The van der Waals surface area contributed by atoms with E-state index in [9.17, 15) is 0 Å². The highest BCUT2D eigenvalue weighted by Gasteiger charge is 2.19. The number of furan rings is 1. The molecule has 0 bridgehead atoms. The first-order valence-electron chi connectivity index (χ1n) is 8.30. The molecule has 0 amide bonds. The van der Waals surface area contributed by atoms with Crippen LogP contribution in [0.1, 0.15) is 29.9 Å². The second-order valence-electron chi connectivity index (χ2n) is 6.41. The Morgan fingerprint density at radius 1 is 1.13 bits per heavy atom. The fourth-order valence-electron chi connectivity index (χ4n) is 3.66. The molecule has 23 heavy (non-hydrogen) atoms. The molecule has 3 heteroatoms. The highest BCUT2D eigenvalue weighted by Crippen LogP contribution is 2.35. The Bertz CT molecular complexity index is 837. The van der Waals surface area contributed by atoms with E-state index in [1.807, 2.05) is 6.07 Å². The summed E-state index contributed by atoms with van der Waals surface area (Å²) >= 11 is 0. The molecule has 0 saturated heterocycles. The molecular weight excluding hydrogens is 284 g/mol. The van der Waals surface area contributed by atoms with Crippen molar-refractivity contribution in [3.8, 4) is 0 Å². The van der Waals surface area contributed by atoms with E-state index in [2.05, 4.69) is 48.3 Å². The third-order valence-corrected chi connectivity index (χ3v) is 5.06. The first kappa shape index (κ1) is 14.3. The lowest BCUT2D eigenvalue weighted by atomic mass is 9.82. The van der Waals surface area contributed by atoms with Crippen molar-refractivity contribution in [2.24, 2.45) is 5.73 Å². The second kappa shape index (κ2) is 5.74. The van der Waals surface area contributed by atoms with Crippen molar-refractivity contribution >= 4 is 22.3 Å². The average molecular weight is 306 g/mol. The van der Waals surface area contributed by atoms with Crippen molar-refractivity contribution in [1.82, 2.24) is 0 Å². The Kier molecular flexibility index (Phi) is 3.58. The number of hydrogen-bond donors (Lipinski definition) is 1. The Morgan fingerprint density at radius 2 is 1.96 bits per heavy atom. The quantitative estimate of drug-likeness (QED) is 0.770. The lowest BCUT2D eigenvalue weighted by Crippen LogP contribution is -2.19. The maximum Gasteiger partial charge on any atom is 0.135 e. The maximum absolute atomic E-state index is 5.93. The summed E-state index contributed by atoms with van der Waals surface area (Å²) in [6.45, 7) is 0.747. The van der Waals surface area contributed by atoms with Crippen LogP contribution in [0.3, 0.4) is 0 Å². The third kappa shape index (κ3) is 2.51. The summed E-state index contributed by atoms with van der Waals surface area (Å²) in [7, 11) is 2.11. The normalized spacial score (nSPS) is 17.2. The van der Waals surface area contributed by atoms with Crippen LogP contribution in [-0.2, 0) is 6.42 Å². The SMILES string of the molecule is CN(c1ccc2c(c1)CCC[C@H]2CN)c1ccc2ccoc2c1. The van der Waals surface area contributed by atoms with Crippen molar-refractivity contribution in [1.29, 1.82) is 0 Å². The van der Waals surface area contributed by atoms with Gasteiger partial charge < -0.3 is 15.1 Å². The highest BCUT2D eigenvalue weighted by atomic mass is 16.3. The number of anilines is 2. The predicted octanol–water partition coefficient (Wildman–Crippen LogP) is 4.58. The van der Waals surface area contributed by atoms with Crippen molar-refractivity contribution in [2.75, 3.05) is 18.5 Å². The van der Waals surface area contributed by atoms with E-state index >= 15 is 0 Å². The highest BCUT2D eigenvalue weighted by molar-refractivity contribution is 5.82. The summed E-state index contributed by atoms with van der Waals surface area (Å²) in [5, 5.41) is 1.14. The van der Waals surface area contributed by atoms with Gasteiger partial charge in [0.25, 0.3) is 0 Å². The molecule has 118 valence electrons. The Labute approximate surface area is 136 Å². The number of nitrogens with two attached hydrogens (primary N) is 1. The molecule has 3 aromatic rings. The van der Waals surface area contributed by atoms with E-state index in [1.54, 1.807) is 6.26 Å². The zero-order valence-corrected chi connectivity index (χ0v) is 13.5. The number of fused-ring (bicyclic) bond motifs is 2. The minimum Gasteiger partial charge on any atom is -0.464 e. The molecule has 1 heterocycles. The third-order valence-electron chi connectivity index (χ3n) is 5.06. The molecule has 1 atom stereocenters. The minimum atomic E-state index is 0.526. The van der Waals surface area contributed by atoms with Crippen LogP contribution in [0, 0.1) is 0 Å². The molecule has 1 aliphatic rings. The van der Waals surface area contributed by atoms with E-state index in [1.165, 1.54) is 29.7 Å². The summed E-state index contributed by atoms with van der Waals surface area (Å²) in [4.78, 5) is 2.22. The minimum absolute atomic E-state index is 0.526. The Balaban J connectivity index is 1.69. The van der Waals surface area contributed by atoms with Gasteiger partial charge in [-0.15, -0.1) is 0 Å². The van der Waals surface area contributed by atoms with Crippen molar-refractivity contribution < 1.29 is 4.42 Å². The number of hydrogen-bond acceptors (Lipinski definition) is 3. The van der Waals surface area contributed by atoms with Gasteiger partial charge in [-0.05, 0) is 73.2 Å². The van der Waals surface area contributed by atoms with Gasteiger partial charge in [0.05, 0.1) is 6.26 Å². The molecule has 0 fully saturated rings. The van der Waals surface area contributed by atoms with E-state index in [4.69, 9.17) is 10.2 Å². The maximum atomic E-state index is 5.93. The number of benzene rings is 2. The van der Waals surface area contributed by atoms with Crippen LogP contribution in [0.4, 0.5) is 11.4 Å². The fourth-order valence-corrected chi connectivity index (χ4v) is 3.66. The zero-order valence-electron chi connectivity index (χ0n) is 13.5. The molecule has 0 saturated carbocycles. The van der Waals surface area contributed by atoms with Gasteiger partial charge in [-0.25, -0.2) is 0 Å². The molecule has 2 N–H and O–H groups in total. The monoisotopic (exact) mass is 306 g/mol. The van der Waals surface area contributed by atoms with Gasteiger partial charge in [-0.3, -0.25) is 0 Å². The van der Waals surface area contributed by atoms with Crippen LogP contribution >= 0.6 is 0 Å². The molecule has 0 unspecified atom stereocenters. The number of nitrogens with zero attached hydrogens (tertiary/aromatic N) is 1. The molecule has 1 aliphatic carbocycles. The molecule has 2 aromatic carbocycles. The zero-order chi connectivity index (χ0) is 15.8. The van der Waals surface area contributed by atoms with Gasteiger partial charge in [0, 0.05) is 29.9 Å². The predicted molar refractivity (Wildman–Crippen MR) is 95.5 cm³/mol. The summed E-state index contributed by atoms with van der Waals surface area (Å²) in [6.07, 6.45) is 5.35. The van der Waals surface area contributed by atoms with E-state index in [0.717, 1.165) is 29.6 Å². The topological polar surface area (TPSA) is 42.4 Å². The molecule has 0 spiro atoms. The van der Waals surface area contributed by atoms with Crippen molar-refractivity contribution in [2.45, 2.75) is 25.2 Å². The molecule has 0 radical (unpaired) electrons.